The van der Waals surface area contributed by atoms with Crippen molar-refractivity contribution in [3.05, 3.63) is 41.5 Å². The van der Waals surface area contributed by atoms with Gasteiger partial charge >= 0.3 is 0 Å². The summed E-state index contributed by atoms with van der Waals surface area (Å²) < 4.78 is 0. The molecule has 2 nitrogen and oxygen atoms in total. The Hall–Kier alpha value is -1.70. The van der Waals surface area contributed by atoms with Crippen LogP contribution in [0.4, 0.5) is 5.69 Å². The van der Waals surface area contributed by atoms with Gasteiger partial charge in [-0.25, -0.2) is 0 Å². The van der Waals surface area contributed by atoms with Crippen LogP contribution in [0.3, 0.4) is 0 Å². The summed E-state index contributed by atoms with van der Waals surface area (Å²) >= 11 is 0. The average Bonchev–Trinajstić information content (AvgIpc) is 2.93. The van der Waals surface area contributed by atoms with Crippen molar-refractivity contribution < 1.29 is 4.79 Å². The van der Waals surface area contributed by atoms with Gasteiger partial charge < -0.3 is 0 Å². The molecule has 7 atom stereocenters. The van der Waals surface area contributed by atoms with Crippen LogP contribution in [0.25, 0.3) is 0 Å². The van der Waals surface area contributed by atoms with Crippen LogP contribution in [-0.4, -0.2) is 12.0 Å². The number of allylic oxidation sites excluding steroid dienone is 2. The van der Waals surface area contributed by atoms with Crippen molar-refractivity contribution in [1.82, 2.24) is 0 Å². The molecule has 0 spiro atoms. The second-order valence-electron chi connectivity index (χ2n) is 12.4. The van der Waals surface area contributed by atoms with Crippen molar-refractivity contribution >= 4 is 17.7 Å². The summed E-state index contributed by atoms with van der Waals surface area (Å²) in [6.07, 6.45) is 16.5. The van der Waals surface area contributed by atoms with E-state index in [1.165, 1.54) is 55.3 Å². The highest BCUT2D eigenvalue weighted by atomic mass is 16.1. The van der Waals surface area contributed by atoms with E-state index in [2.05, 4.69) is 57.3 Å². The monoisotopic (exact) mass is 429 g/mol. The Morgan fingerprint density at radius 2 is 1.69 bits per heavy atom. The molecule has 170 valence electrons. The van der Waals surface area contributed by atoms with Crippen LogP contribution in [0.2, 0.25) is 0 Å². The minimum Gasteiger partial charge on any atom is -0.299 e. The third kappa shape index (κ3) is 2.77. The van der Waals surface area contributed by atoms with Gasteiger partial charge in [0.25, 0.3) is 0 Å². The van der Waals surface area contributed by atoms with Gasteiger partial charge in [0.15, 0.2) is 0 Å². The first kappa shape index (κ1) is 20.9. The lowest BCUT2D eigenvalue weighted by Crippen LogP contribution is -2.53. The van der Waals surface area contributed by atoms with Crippen LogP contribution >= 0.6 is 0 Å². The third-order valence-corrected chi connectivity index (χ3v) is 11.5. The Morgan fingerprint density at radius 3 is 2.56 bits per heavy atom. The average molecular weight is 430 g/mol. The molecule has 1 heterocycles. The maximum absolute atomic E-state index is 12.2. The first-order valence-corrected chi connectivity index (χ1v) is 13.2. The van der Waals surface area contributed by atoms with Gasteiger partial charge in [0.05, 0.1) is 5.69 Å². The zero-order chi connectivity index (χ0) is 22.1. The third-order valence-electron chi connectivity index (χ3n) is 11.5. The molecule has 0 aromatic heterocycles. The molecule has 6 rings (SSSR count). The lowest BCUT2D eigenvalue weighted by atomic mass is 9.45. The topological polar surface area (TPSA) is 29.4 Å². The summed E-state index contributed by atoms with van der Waals surface area (Å²) in [7, 11) is 0. The highest BCUT2D eigenvalue weighted by Crippen LogP contribution is 2.71. The number of hydrogen-bond acceptors (Lipinski definition) is 2. The molecular formula is C30H39NO. The summed E-state index contributed by atoms with van der Waals surface area (Å²) in [5, 5.41) is 0. The number of carbonyl (C=O) groups excluding carboxylic acids is 1. The number of ketones is 1. The number of nitrogens with zero attached hydrogens (tertiary/aromatic N) is 1. The van der Waals surface area contributed by atoms with Gasteiger partial charge in [-0.1, -0.05) is 50.6 Å². The fourth-order valence-corrected chi connectivity index (χ4v) is 9.28. The van der Waals surface area contributed by atoms with Crippen LogP contribution < -0.4 is 0 Å². The molecule has 32 heavy (non-hydrogen) atoms. The molecule has 0 saturated heterocycles. The number of hydrogen-bond donors (Lipinski definition) is 0. The quantitative estimate of drug-likeness (QED) is 0.425. The molecule has 0 radical (unpaired) electrons. The summed E-state index contributed by atoms with van der Waals surface area (Å²) in [4.78, 5) is 17.2. The Balaban J connectivity index is 1.30. The lowest BCUT2D eigenvalue weighted by Gasteiger charge is -2.60. The summed E-state index contributed by atoms with van der Waals surface area (Å²) in [6, 6.07) is 8.73. The molecule has 2 heteroatoms. The molecule has 4 aliphatic carbocycles. The van der Waals surface area contributed by atoms with Gasteiger partial charge in [-0.05, 0) is 97.0 Å². The number of benzene rings is 1. The largest absolute Gasteiger partial charge is 0.299 e. The van der Waals surface area contributed by atoms with Gasteiger partial charge in [0.2, 0.25) is 0 Å². The van der Waals surface area contributed by atoms with E-state index in [0.717, 1.165) is 43.4 Å². The number of fused-ring (bicyclic) bond motifs is 6. The fraction of sp³-hybridized carbons (Fsp3) is 0.667. The van der Waals surface area contributed by atoms with E-state index < -0.39 is 0 Å². The number of aliphatic imine (C=N–C) groups is 1. The van der Waals surface area contributed by atoms with Crippen molar-refractivity contribution in [2.75, 3.05) is 0 Å². The van der Waals surface area contributed by atoms with Crippen LogP contribution in [0.1, 0.15) is 84.1 Å². The molecule has 1 aromatic rings. The van der Waals surface area contributed by atoms with E-state index in [-0.39, 0.29) is 5.41 Å². The van der Waals surface area contributed by atoms with Gasteiger partial charge in [0, 0.05) is 25.0 Å². The molecule has 5 aliphatic rings. The van der Waals surface area contributed by atoms with Crippen LogP contribution in [0.5, 0.6) is 0 Å². The van der Waals surface area contributed by atoms with E-state index in [4.69, 9.17) is 4.99 Å². The standard InChI is InChI=1S/C30H39NO/c1-28-15-12-23(32)18-21(28)10-11-24-25(28)13-17-30(3)26(24)14-16-29(30,2)22-9-8-20-6-4-5-7-27(20)31-19-22/h4-7,10,19,22,24-26H,8-9,11-18H2,1-3H3/t22?,24?,25?,26?,28-,29?,30-/m0/s1. The summed E-state index contributed by atoms with van der Waals surface area (Å²) in [6.45, 7) is 7.78. The Bertz CT molecular complexity index is 1010. The first-order chi connectivity index (χ1) is 15.3. The fourth-order valence-electron chi connectivity index (χ4n) is 9.28. The van der Waals surface area contributed by atoms with E-state index >= 15 is 0 Å². The number of aryl methyl sites for hydroxylation is 1. The van der Waals surface area contributed by atoms with Crippen molar-refractivity contribution in [3.8, 4) is 0 Å². The SMILES string of the molecule is CC1(C2C=Nc3ccccc3CC2)CCC2C3CC=C4CC(=O)CC[C@]4(C)C3CC[C@@]21C. The molecule has 1 aromatic carbocycles. The van der Waals surface area contributed by atoms with Gasteiger partial charge in [0.1, 0.15) is 5.78 Å². The number of para-hydroxylation sites is 1. The highest BCUT2D eigenvalue weighted by molar-refractivity contribution is 5.82. The van der Waals surface area contributed by atoms with Crippen LogP contribution in [0.15, 0.2) is 40.9 Å². The molecule has 3 fully saturated rings. The molecule has 0 bridgehead atoms. The predicted molar refractivity (Wildman–Crippen MR) is 131 cm³/mol. The van der Waals surface area contributed by atoms with Gasteiger partial charge in [-0.3, -0.25) is 9.79 Å². The minimum absolute atomic E-state index is 0.280. The van der Waals surface area contributed by atoms with Crippen LogP contribution in [-0.2, 0) is 11.2 Å². The highest BCUT2D eigenvalue weighted by Gasteiger charge is 2.63. The molecular weight excluding hydrogens is 390 g/mol. The van der Waals surface area contributed by atoms with E-state index in [1.807, 2.05) is 0 Å². The molecule has 3 saturated carbocycles. The zero-order valence-corrected chi connectivity index (χ0v) is 20.2. The van der Waals surface area contributed by atoms with E-state index in [1.54, 1.807) is 0 Å². The number of carbonyl (C=O) groups is 1. The van der Waals surface area contributed by atoms with Gasteiger partial charge in [-0.15, -0.1) is 0 Å². The molecule has 0 amide bonds. The summed E-state index contributed by atoms with van der Waals surface area (Å²) in [5.74, 6) is 3.44. The summed E-state index contributed by atoms with van der Waals surface area (Å²) in [5.41, 5.74) is 5.11. The molecule has 5 unspecified atom stereocenters. The maximum atomic E-state index is 12.2. The molecule has 0 N–H and O–H groups in total. The zero-order valence-electron chi connectivity index (χ0n) is 20.2. The van der Waals surface area contributed by atoms with Crippen molar-refractivity contribution in [1.29, 1.82) is 0 Å². The van der Waals surface area contributed by atoms with Crippen LogP contribution in [0, 0.1) is 39.9 Å². The Labute approximate surface area is 194 Å². The Morgan fingerprint density at radius 1 is 0.906 bits per heavy atom. The minimum atomic E-state index is 0.280. The smallest absolute Gasteiger partial charge is 0.136 e. The van der Waals surface area contributed by atoms with E-state index in [9.17, 15) is 4.79 Å². The van der Waals surface area contributed by atoms with E-state index in [0.29, 0.717) is 22.5 Å². The Kier molecular flexibility index (Phi) is 4.66. The lowest BCUT2D eigenvalue weighted by molar-refractivity contribution is -0.123. The number of rotatable bonds is 1. The van der Waals surface area contributed by atoms with Crippen molar-refractivity contribution in [2.24, 2.45) is 44.9 Å². The van der Waals surface area contributed by atoms with Crippen molar-refractivity contribution in [3.63, 3.8) is 0 Å². The first-order valence-electron chi connectivity index (χ1n) is 13.2. The van der Waals surface area contributed by atoms with Gasteiger partial charge in [-0.2, -0.15) is 0 Å². The predicted octanol–water partition coefficient (Wildman–Crippen LogP) is 7.49. The number of Topliss-reactive ketones (excluding diaryl/α,β-unsaturated/α-hetero) is 1. The normalized spacial score (nSPS) is 45.2. The maximum Gasteiger partial charge on any atom is 0.136 e. The second-order valence-corrected chi connectivity index (χ2v) is 12.4. The van der Waals surface area contributed by atoms with Crippen molar-refractivity contribution in [2.45, 2.75) is 85.0 Å². The second kappa shape index (κ2) is 7.15. The molecule has 1 aliphatic heterocycles.